The molecule has 4 aromatic rings. The Kier molecular flexibility index (Phi) is 4.87. The molecule has 0 radical (unpaired) electrons. The number of pyridine rings is 1. The van der Waals surface area contributed by atoms with Crippen LogP contribution in [0.15, 0.2) is 95.5 Å². The first-order valence-electron chi connectivity index (χ1n) is 8.28. The molecular formula is C23H15BrClN. The predicted octanol–water partition coefficient (Wildman–Crippen LogP) is 7.50. The summed E-state index contributed by atoms with van der Waals surface area (Å²) in [6, 6.07) is 30.6. The van der Waals surface area contributed by atoms with Gasteiger partial charge >= 0.3 is 0 Å². The summed E-state index contributed by atoms with van der Waals surface area (Å²) in [5.41, 5.74) is 6.23. The van der Waals surface area contributed by atoms with Crippen molar-refractivity contribution in [1.29, 1.82) is 0 Å². The lowest BCUT2D eigenvalue weighted by Crippen LogP contribution is -1.91. The normalized spacial score (nSPS) is 10.7. The van der Waals surface area contributed by atoms with Gasteiger partial charge in [0.05, 0.1) is 11.4 Å². The molecular weight excluding hydrogens is 406 g/mol. The first kappa shape index (κ1) is 17.0. The van der Waals surface area contributed by atoms with Gasteiger partial charge < -0.3 is 0 Å². The molecule has 0 aliphatic rings. The molecule has 0 saturated heterocycles. The number of rotatable bonds is 3. The van der Waals surface area contributed by atoms with E-state index < -0.39 is 0 Å². The van der Waals surface area contributed by atoms with E-state index in [1.165, 1.54) is 0 Å². The minimum Gasteiger partial charge on any atom is -0.248 e. The molecule has 1 aromatic heterocycles. The van der Waals surface area contributed by atoms with Crippen molar-refractivity contribution in [3.8, 4) is 33.6 Å². The number of hydrogen-bond donors (Lipinski definition) is 0. The highest BCUT2D eigenvalue weighted by molar-refractivity contribution is 9.10. The Morgan fingerprint density at radius 1 is 0.577 bits per heavy atom. The largest absolute Gasteiger partial charge is 0.248 e. The molecule has 1 nitrogen and oxygen atoms in total. The van der Waals surface area contributed by atoms with Crippen molar-refractivity contribution in [2.75, 3.05) is 0 Å². The maximum atomic E-state index is 6.19. The molecule has 0 saturated carbocycles. The molecule has 0 bridgehead atoms. The Labute approximate surface area is 166 Å². The average Bonchev–Trinajstić information content (AvgIpc) is 2.69. The Morgan fingerprint density at radius 3 is 1.92 bits per heavy atom. The van der Waals surface area contributed by atoms with E-state index in [1.54, 1.807) is 0 Å². The summed E-state index contributed by atoms with van der Waals surface area (Å²) < 4.78 is 1.06. The van der Waals surface area contributed by atoms with Gasteiger partial charge in [-0.3, -0.25) is 0 Å². The molecule has 26 heavy (non-hydrogen) atoms. The smallest absolute Gasteiger partial charge is 0.0716 e. The predicted molar refractivity (Wildman–Crippen MR) is 113 cm³/mol. The lowest BCUT2D eigenvalue weighted by Gasteiger charge is -2.10. The van der Waals surface area contributed by atoms with Crippen LogP contribution in [0.25, 0.3) is 33.6 Å². The standard InChI is InChI=1S/C23H15BrClN/c24-20-11-9-16(10-12-20)19-14-22(17-5-2-1-3-6-17)26-23(15-19)18-7-4-8-21(25)13-18/h1-15H. The Morgan fingerprint density at radius 2 is 1.23 bits per heavy atom. The molecule has 4 rings (SSSR count). The molecule has 0 aliphatic carbocycles. The van der Waals surface area contributed by atoms with E-state index in [1.807, 2.05) is 42.5 Å². The molecule has 0 amide bonds. The highest BCUT2D eigenvalue weighted by Gasteiger charge is 2.09. The summed E-state index contributed by atoms with van der Waals surface area (Å²) in [7, 11) is 0. The van der Waals surface area contributed by atoms with Gasteiger partial charge in [-0.05, 0) is 47.5 Å². The average molecular weight is 421 g/mol. The van der Waals surface area contributed by atoms with Crippen molar-refractivity contribution in [2.24, 2.45) is 0 Å². The van der Waals surface area contributed by atoms with Crippen molar-refractivity contribution >= 4 is 27.5 Å². The van der Waals surface area contributed by atoms with Crippen molar-refractivity contribution in [1.82, 2.24) is 4.98 Å². The van der Waals surface area contributed by atoms with E-state index in [0.717, 1.165) is 38.1 Å². The molecule has 0 fully saturated rings. The minimum absolute atomic E-state index is 0.708. The molecule has 0 unspecified atom stereocenters. The number of halogens is 2. The molecule has 0 N–H and O–H groups in total. The highest BCUT2D eigenvalue weighted by Crippen LogP contribution is 2.31. The van der Waals surface area contributed by atoms with Gasteiger partial charge in [-0.2, -0.15) is 0 Å². The van der Waals surface area contributed by atoms with Crippen molar-refractivity contribution in [3.63, 3.8) is 0 Å². The maximum Gasteiger partial charge on any atom is 0.0716 e. The summed E-state index contributed by atoms with van der Waals surface area (Å²) in [5.74, 6) is 0. The SMILES string of the molecule is Clc1cccc(-c2cc(-c3ccc(Br)cc3)cc(-c3ccccc3)n2)c1. The van der Waals surface area contributed by atoms with E-state index >= 15 is 0 Å². The fourth-order valence-corrected chi connectivity index (χ4v) is 3.35. The number of benzene rings is 3. The molecule has 0 atom stereocenters. The van der Waals surface area contributed by atoms with E-state index in [2.05, 4.69) is 64.5 Å². The third-order valence-corrected chi connectivity index (χ3v) is 4.96. The van der Waals surface area contributed by atoms with Crippen LogP contribution in [0, 0.1) is 0 Å². The zero-order valence-electron chi connectivity index (χ0n) is 13.9. The van der Waals surface area contributed by atoms with Gasteiger partial charge in [0.2, 0.25) is 0 Å². The summed E-state index contributed by atoms with van der Waals surface area (Å²) in [4.78, 5) is 4.89. The first-order valence-corrected chi connectivity index (χ1v) is 9.45. The Balaban J connectivity index is 1.91. The number of hydrogen-bond acceptors (Lipinski definition) is 1. The zero-order chi connectivity index (χ0) is 17.9. The summed E-state index contributed by atoms with van der Waals surface area (Å²) in [6.07, 6.45) is 0. The van der Waals surface area contributed by atoms with Gasteiger partial charge in [-0.1, -0.05) is 82.1 Å². The number of nitrogens with zero attached hydrogens (tertiary/aromatic N) is 1. The quantitative estimate of drug-likeness (QED) is 0.334. The van der Waals surface area contributed by atoms with Crippen LogP contribution in [0.1, 0.15) is 0 Å². The molecule has 3 heteroatoms. The molecule has 1 heterocycles. The molecule has 3 aromatic carbocycles. The van der Waals surface area contributed by atoms with Crippen LogP contribution in [0.4, 0.5) is 0 Å². The Hall–Kier alpha value is -2.42. The monoisotopic (exact) mass is 419 g/mol. The van der Waals surface area contributed by atoms with Crippen LogP contribution in [-0.2, 0) is 0 Å². The zero-order valence-corrected chi connectivity index (χ0v) is 16.2. The van der Waals surface area contributed by atoms with Crippen molar-refractivity contribution in [3.05, 3.63) is 100 Å². The topological polar surface area (TPSA) is 12.9 Å². The second kappa shape index (κ2) is 7.45. The van der Waals surface area contributed by atoms with Crippen LogP contribution in [-0.4, -0.2) is 4.98 Å². The van der Waals surface area contributed by atoms with Gasteiger partial charge in [-0.25, -0.2) is 4.98 Å². The molecule has 0 aliphatic heterocycles. The molecule has 126 valence electrons. The van der Waals surface area contributed by atoms with E-state index in [9.17, 15) is 0 Å². The van der Waals surface area contributed by atoms with Crippen molar-refractivity contribution < 1.29 is 0 Å². The van der Waals surface area contributed by atoms with Gasteiger partial charge in [0.25, 0.3) is 0 Å². The van der Waals surface area contributed by atoms with Crippen LogP contribution in [0.5, 0.6) is 0 Å². The van der Waals surface area contributed by atoms with Gasteiger partial charge in [0, 0.05) is 20.6 Å². The Bertz CT molecular complexity index is 1040. The van der Waals surface area contributed by atoms with Gasteiger partial charge in [-0.15, -0.1) is 0 Å². The maximum absolute atomic E-state index is 6.19. The fourth-order valence-electron chi connectivity index (χ4n) is 2.89. The minimum atomic E-state index is 0.708. The third-order valence-electron chi connectivity index (χ3n) is 4.19. The van der Waals surface area contributed by atoms with Crippen LogP contribution < -0.4 is 0 Å². The van der Waals surface area contributed by atoms with Gasteiger partial charge in [0.15, 0.2) is 0 Å². The molecule has 0 spiro atoms. The van der Waals surface area contributed by atoms with E-state index in [0.29, 0.717) is 5.02 Å². The van der Waals surface area contributed by atoms with Crippen LogP contribution in [0.3, 0.4) is 0 Å². The summed E-state index contributed by atoms with van der Waals surface area (Å²) in [5, 5.41) is 0.708. The van der Waals surface area contributed by atoms with Crippen LogP contribution in [0.2, 0.25) is 5.02 Å². The van der Waals surface area contributed by atoms with E-state index in [-0.39, 0.29) is 0 Å². The fraction of sp³-hybridized carbons (Fsp3) is 0. The second-order valence-electron chi connectivity index (χ2n) is 6.01. The lowest BCUT2D eigenvalue weighted by molar-refractivity contribution is 1.32. The van der Waals surface area contributed by atoms with Gasteiger partial charge in [0.1, 0.15) is 0 Å². The summed E-state index contributed by atoms with van der Waals surface area (Å²) >= 11 is 9.69. The van der Waals surface area contributed by atoms with Crippen LogP contribution >= 0.6 is 27.5 Å². The number of aromatic nitrogens is 1. The summed E-state index contributed by atoms with van der Waals surface area (Å²) in [6.45, 7) is 0. The third kappa shape index (κ3) is 3.72. The lowest BCUT2D eigenvalue weighted by atomic mass is 10.00. The van der Waals surface area contributed by atoms with Crippen molar-refractivity contribution in [2.45, 2.75) is 0 Å². The van der Waals surface area contributed by atoms with E-state index in [4.69, 9.17) is 16.6 Å². The highest BCUT2D eigenvalue weighted by atomic mass is 79.9. The second-order valence-corrected chi connectivity index (χ2v) is 7.36. The first-order chi connectivity index (χ1) is 12.7.